The molecule has 0 fully saturated rings. The molecular formula is C14H18N4O. The fourth-order valence-corrected chi connectivity index (χ4v) is 1.81. The zero-order valence-corrected chi connectivity index (χ0v) is 11.2. The number of carbonyl (C=O) groups excluding carboxylic acids is 1. The Morgan fingerprint density at radius 2 is 2.00 bits per heavy atom. The van der Waals surface area contributed by atoms with Crippen LogP contribution in [-0.2, 0) is 0 Å². The maximum atomic E-state index is 11.9. The molecule has 2 N–H and O–H groups in total. The van der Waals surface area contributed by atoms with Gasteiger partial charge in [-0.2, -0.15) is 5.10 Å². The molecule has 0 unspecified atom stereocenters. The number of hydrogen-bond acceptors (Lipinski definition) is 3. The molecule has 5 heteroatoms. The Kier molecular flexibility index (Phi) is 4.30. The number of amides is 1. The van der Waals surface area contributed by atoms with E-state index in [1.54, 1.807) is 10.7 Å². The second-order valence-corrected chi connectivity index (χ2v) is 4.28. The molecule has 0 saturated carbocycles. The van der Waals surface area contributed by atoms with Crippen molar-refractivity contribution in [2.75, 3.05) is 20.1 Å². The van der Waals surface area contributed by atoms with Gasteiger partial charge in [0.15, 0.2) is 5.69 Å². The number of carbonyl (C=O) groups is 1. The van der Waals surface area contributed by atoms with Crippen LogP contribution in [0.5, 0.6) is 0 Å². The number of likely N-dealkylation sites (N-methyl/N-ethyl adjacent to an activating group) is 1. The van der Waals surface area contributed by atoms with E-state index < -0.39 is 0 Å². The minimum absolute atomic E-state index is 0.145. The molecule has 0 radical (unpaired) electrons. The predicted molar refractivity (Wildman–Crippen MR) is 74.6 cm³/mol. The third-order valence-electron chi connectivity index (χ3n) is 2.78. The summed E-state index contributed by atoms with van der Waals surface area (Å²) in [5, 5.41) is 10.1. The first-order valence-electron chi connectivity index (χ1n) is 6.27. The normalized spacial score (nSPS) is 10.4. The Balaban J connectivity index is 2.15. The van der Waals surface area contributed by atoms with Gasteiger partial charge in [0.25, 0.3) is 5.91 Å². The summed E-state index contributed by atoms with van der Waals surface area (Å²) in [5.41, 5.74) is 2.33. The van der Waals surface area contributed by atoms with Crippen molar-refractivity contribution in [3.63, 3.8) is 0 Å². The van der Waals surface area contributed by atoms with Gasteiger partial charge in [-0.05, 0) is 32.2 Å². The molecule has 0 aliphatic rings. The van der Waals surface area contributed by atoms with Gasteiger partial charge in [-0.15, -0.1) is 0 Å². The fraction of sp³-hybridized carbons (Fsp3) is 0.286. The van der Waals surface area contributed by atoms with Crippen LogP contribution in [0, 0.1) is 6.92 Å². The lowest BCUT2D eigenvalue weighted by Gasteiger charge is -2.03. The molecule has 0 spiro atoms. The number of nitrogens with zero attached hydrogens (tertiary/aromatic N) is 2. The Morgan fingerprint density at radius 3 is 2.68 bits per heavy atom. The molecule has 1 aromatic carbocycles. The highest BCUT2D eigenvalue weighted by molar-refractivity contribution is 5.92. The summed E-state index contributed by atoms with van der Waals surface area (Å²) >= 11 is 0. The van der Waals surface area contributed by atoms with Crippen LogP contribution in [-0.4, -0.2) is 35.8 Å². The zero-order valence-electron chi connectivity index (χ0n) is 11.2. The highest BCUT2D eigenvalue weighted by Crippen LogP contribution is 2.11. The SMILES string of the molecule is CNCCNC(=O)c1cc(C)n(-c2ccccc2)n1. The van der Waals surface area contributed by atoms with Crippen LogP contribution in [0.15, 0.2) is 36.4 Å². The largest absolute Gasteiger partial charge is 0.349 e. The summed E-state index contributed by atoms with van der Waals surface area (Å²) in [6, 6.07) is 11.6. The second kappa shape index (κ2) is 6.15. The third-order valence-corrected chi connectivity index (χ3v) is 2.78. The molecule has 19 heavy (non-hydrogen) atoms. The van der Waals surface area contributed by atoms with Gasteiger partial charge in [-0.25, -0.2) is 4.68 Å². The summed E-state index contributed by atoms with van der Waals surface area (Å²) in [5.74, 6) is -0.145. The molecule has 0 atom stereocenters. The second-order valence-electron chi connectivity index (χ2n) is 4.28. The van der Waals surface area contributed by atoms with E-state index in [1.165, 1.54) is 0 Å². The third kappa shape index (κ3) is 3.20. The molecule has 1 amide bonds. The monoisotopic (exact) mass is 258 g/mol. The molecule has 0 aliphatic heterocycles. The first-order chi connectivity index (χ1) is 9.22. The van der Waals surface area contributed by atoms with Crippen LogP contribution in [0.1, 0.15) is 16.2 Å². The number of para-hydroxylation sites is 1. The summed E-state index contributed by atoms with van der Waals surface area (Å²) in [7, 11) is 1.85. The molecule has 2 aromatic rings. The number of aromatic nitrogens is 2. The van der Waals surface area contributed by atoms with Crippen LogP contribution in [0.4, 0.5) is 0 Å². The maximum absolute atomic E-state index is 11.9. The van der Waals surface area contributed by atoms with E-state index in [1.807, 2.05) is 44.3 Å². The van der Waals surface area contributed by atoms with Crippen LogP contribution >= 0.6 is 0 Å². The van der Waals surface area contributed by atoms with Gasteiger partial charge in [-0.1, -0.05) is 18.2 Å². The minimum Gasteiger partial charge on any atom is -0.349 e. The summed E-state index contributed by atoms with van der Waals surface area (Å²) in [6.07, 6.45) is 0. The molecule has 0 bridgehead atoms. The maximum Gasteiger partial charge on any atom is 0.271 e. The molecule has 1 aromatic heterocycles. The van der Waals surface area contributed by atoms with E-state index in [0.717, 1.165) is 17.9 Å². The van der Waals surface area contributed by atoms with Crippen molar-refractivity contribution in [2.24, 2.45) is 0 Å². The minimum atomic E-state index is -0.145. The van der Waals surface area contributed by atoms with Crippen molar-refractivity contribution in [2.45, 2.75) is 6.92 Å². The van der Waals surface area contributed by atoms with Gasteiger partial charge >= 0.3 is 0 Å². The van der Waals surface area contributed by atoms with Crippen LogP contribution in [0.3, 0.4) is 0 Å². The van der Waals surface area contributed by atoms with Crippen LogP contribution < -0.4 is 10.6 Å². The van der Waals surface area contributed by atoms with E-state index >= 15 is 0 Å². The topological polar surface area (TPSA) is 58.9 Å². The van der Waals surface area contributed by atoms with E-state index in [4.69, 9.17) is 0 Å². The Bertz CT molecular complexity index is 548. The quantitative estimate of drug-likeness (QED) is 0.790. The number of nitrogens with one attached hydrogen (secondary N) is 2. The van der Waals surface area contributed by atoms with Crippen LogP contribution in [0.2, 0.25) is 0 Å². The summed E-state index contributed by atoms with van der Waals surface area (Å²) < 4.78 is 1.77. The van der Waals surface area contributed by atoms with Crippen molar-refractivity contribution in [1.82, 2.24) is 20.4 Å². The molecule has 0 saturated heterocycles. The van der Waals surface area contributed by atoms with Gasteiger partial charge in [0.05, 0.1) is 5.69 Å². The summed E-state index contributed by atoms with van der Waals surface area (Å²) in [6.45, 7) is 3.26. The van der Waals surface area contributed by atoms with Crippen molar-refractivity contribution in [3.8, 4) is 5.69 Å². The van der Waals surface area contributed by atoms with Gasteiger partial charge in [-0.3, -0.25) is 4.79 Å². The lowest BCUT2D eigenvalue weighted by atomic mass is 10.3. The van der Waals surface area contributed by atoms with Crippen LogP contribution in [0.25, 0.3) is 5.69 Å². The molecule has 1 heterocycles. The van der Waals surface area contributed by atoms with Gasteiger partial charge < -0.3 is 10.6 Å². The van der Waals surface area contributed by atoms with Gasteiger partial charge in [0, 0.05) is 18.8 Å². The van der Waals surface area contributed by atoms with Gasteiger partial charge in [0.2, 0.25) is 0 Å². The average molecular weight is 258 g/mol. The highest BCUT2D eigenvalue weighted by atomic mass is 16.1. The number of hydrogen-bond donors (Lipinski definition) is 2. The van der Waals surface area contributed by atoms with Gasteiger partial charge in [0.1, 0.15) is 0 Å². The van der Waals surface area contributed by atoms with Crippen molar-refractivity contribution >= 4 is 5.91 Å². The van der Waals surface area contributed by atoms with Crippen molar-refractivity contribution < 1.29 is 4.79 Å². The van der Waals surface area contributed by atoms with E-state index in [-0.39, 0.29) is 5.91 Å². The standard InChI is InChI=1S/C14H18N4O/c1-11-10-13(14(19)16-9-8-15-2)17-18(11)12-6-4-3-5-7-12/h3-7,10,15H,8-9H2,1-2H3,(H,16,19). The highest BCUT2D eigenvalue weighted by Gasteiger charge is 2.12. The summed E-state index contributed by atoms with van der Waals surface area (Å²) in [4.78, 5) is 11.9. The van der Waals surface area contributed by atoms with E-state index in [9.17, 15) is 4.79 Å². The first-order valence-corrected chi connectivity index (χ1v) is 6.27. The Hall–Kier alpha value is -2.14. The first kappa shape index (κ1) is 13.3. The molecule has 2 rings (SSSR count). The molecule has 100 valence electrons. The number of rotatable bonds is 5. The lowest BCUT2D eigenvalue weighted by Crippen LogP contribution is -2.30. The Morgan fingerprint density at radius 1 is 1.26 bits per heavy atom. The van der Waals surface area contributed by atoms with E-state index in [2.05, 4.69) is 15.7 Å². The molecular weight excluding hydrogens is 240 g/mol. The van der Waals surface area contributed by atoms with E-state index in [0.29, 0.717) is 12.2 Å². The molecule has 0 aliphatic carbocycles. The Labute approximate surface area is 112 Å². The fourth-order valence-electron chi connectivity index (χ4n) is 1.81. The average Bonchev–Trinajstić information content (AvgIpc) is 2.82. The van der Waals surface area contributed by atoms with Crippen molar-refractivity contribution in [3.05, 3.63) is 47.8 Å². The molecule has 5 nitrogen and oxygen atoms in total. The smallest absolute Gasteiger partial charge is 0.271 e. The predicted octanol–water partition coefficient (Wildman–Crippen LogP) is 1.13. The zero-order chi connectivity index (χ0) is 13.7. The number of benzene rings is 1. The van der Waals surface area contributed by atoms with Crippen molar-refractivity contribution in [1.29, 1.82) is 0 Å². The lowest BCUT2D eigenvalue weighted by molar-refractivity contribution is 0.0948. The number of aryl methyl sites for hydroxylation is 1.